The van der Waals surface area contributed by atoms with E-state index < -0.39 is 6.09 Å². The van der Waals surface area contributed by atoms with E-state index in [1.54, 1.807) is 12.1 Å². The predicted octanol–water partition coefficient (Wildman–Crippen LogP) is 3.16. The number of carbonyl (C=O) groups excluding carboxylic acids is 1. The molecule has 0 radical (unpaired) electrons. The number of hydrogen-bond donors (Lipinski definition) is 1. The second kappa shape index (κ2) is 3.20. The number of halogens is 2. The molecule has 13 heavy (non-hydrogen) atoms. The maximum atomic E-state index is 10.9. The molecule has 68 valence electrons. The zero-order valence-electron chi connectivity index (χ0n) is 6.43. The van der Waals surface area contributed by atoms with E-state index in [-0.39, 0.29) is 6.61 Å². The number of ether oxygens (including phenoxy) is 1. The Morgan fingerprint density at radius 1 is 1.54 bits per heavy atom. The fourth-order valence-corrected chi connectivity index (χ4v) is 2.14. The molecule has 0 bridgehead atoms. The molecule has 0 spiro atoms. The molecule has 1 aliphatic rings. The minimum Gasteiger partial charge on any atom is -0.444 e. The topological polar surface area (TPSA) is 38.3 Å². The summed E-state index contributed by atoms with van der Waals surface area (Å²) in [5, 5.41) is 3.20. The van der Waals surface area contributed by atoms with Crippen molar-refractivity contribution in [3.8, 4) is 0 Å². The van der Waals surface area contributed by atoms with Gasteiger partial charge >= 0.3 is 6.09 Å². The minimum atomic E-state index is -0.435. The molecule has 1 aromatic carbocycles. The molecule has 2 rings (SSSR count). The highest BCUT2D eigenvalue weighted by Gasteiger charge is 2.18. The van der Waals surface area contributed by atoms with Gasteiger partial charge in [-0.05, 0) is 28.1 Å². The van der Waals surface area contributed by atoms with Crippen molar-refractivity contribution in [2.24, 2.45) is 0 Å². The van der Waals surface area contributed by atoms with E-state index in [2.05, 4.69) is 21.2 Å². The van der Waals surface area contributed by atoms with Crippen LogP contribution in [0.2, 0.25) is 5.02 Å². The van der Waals surface area contributed by atoms with Gasteiger partial charge in [-0.1, -0.05) is 11.6 Å². The highest BCUT2D eigenvalue weighted by molar-refractivity contribution is 9.10. The standard InChI is InChI=1S/C8H5BrClNO2/c9-6-2-5(10)1-4-3-13-8(12)11-7(4)6/h1-2H,3H2,(H,11,12). The Morgan fingerprint density at radius 2 is 2.31 bits per heavy atom. The molecule has 1 aliphatic heterocycles. The Morgan fingerprint density at radius 3 is 3.08 bits per heavy atom. The Bertz CT molecular complexity index is 381. The molecule has 0 unspecified atom stereocenters. The van der Waals surface area contributed by atoms with Crippen molar-refractivity contribution in [1.29, 1.82) is 0 Å². The quantitative estimate of drug-likeness (QED) is 0.780. The Hall–Kier alpha value is -0.740. The highest BCUT2D eigenvalue weighted by Crippen LogP contribution is 2.33. The van der Waals surface area contributed by atoms with E-state index in [4.69, 9.17) is 16.3 Å². The molecule has 0 atom stereocenters. The third kappa shape index (κ3) is 1.64. The van der Waals surface area contributed by atoms with Crippen LogP contribution in [-0.2, 0) is 11.3 Å². The molecule has 1 amide bonds. The zero-order chi connectivity index (χ0) is 9.42. The third-order valence-electron chi connectivity index (χ3n) is 1.72. The lowest BCUT2D eigenvalue weighted by Crippen LogP contribution is -2.20. The van der Waals surface area contributed by atoms with Crippen molar-refractivity contribution in [2.75, 3.05) is 5.32 Å². The summed E-state index contributed by atoms with van der Waals surface area (Å²) in [6.07, 6.45) is -0.435. The Kier molecular flexibility index (Phi) is 2.17. The number of anilines is 1. The van der Waals surface area contributed by atoms with Crippen LogP contribution in [0.25, 0.3) is 0 Å². The minimum absolute atomic E-state index is 0.264. The van der Waals surface area contributed by atoms with Crippen LogP contribution < -0.4 is 5.32 Å². The lowest BCUT2D eigenvalue weighted by molar-refractivity contribution is 0.151. The summed E-state index contributed by atoms with van der Waals surface area (Å²) in [5.74, 6) is 0. The molecule has 0 fully saturated rings. The molecule has 1 heterocycles. The largest absolute Gasteiger partial charge is 0.444 e. The zero-order valence-corrected chi connectivity index (χ0v) is 8.78. The van der Waals surface area contributed by atoms with Gasteiger partial charge in [-0.25, -0.2) is 4.79 Å². The number of carbonyl (C=O) groups is 1. The monoisotopic (exact) mass is 261 g/mol. The van der Waals surface area contributed by atoms with Gasteiger partial charge in [0.05, 0.1) is 5.69 Å². The van der Waals surface area contributed by atoms with E-state index >= 15 is 0 Å². The van der Waals surface area contributed by atoms with E-state index in [0.29, 0.717) is 5.02 Å². The third-order valence-corrected chi connectivity index (χ3v) is 2.57. The van der Waals surface area contributed by atoms with Crippen LogP contribution in [-0.4, -0.2) is 6.09 Å². The number of amides is 1. The van der Waals surface area contributed by atoms with Crippen molar-refractivity contribution < 1.29 is 9.53 Å². The van der Waals surface area contributed by atoms with Crippen LogP contribution in [0.5, 0.6) is 0 Å². The van der Waals surface area contributed by atoms with Crippen LogP contribution >= 0.6 is 27.5 Å². The van der Waals surface area contributed by atoms with Gasteiger partial charge in [-0.2, -0.15) is 0 Å². The first-order valence-electron chi connectivity index (χ1n) is 3.58. The van der Waals surface area contributed by atoms with Crippen molar-refractivity contribution in [2.45, 2.75) is 6.61 Å². The number of nitrogens with one attached hydrogen (secondary N) is 1. The second-order valence-electron chi connectivity index (χ2n) is 2.62. The van der Waals surface area contributed by atoms with Crippen molar-refractivity contribution in [3.05, 3.63) is 27.2 Å². The van der Waals surface area contributed by atoms with Gasteiger partial charge in [0.1, 0.15) is 6.61 Å². The van der Waals surface area contributed by atoms with E-state index in [1.165, 1.54) is 0 Å². The number of benzene rings is 1. The molecule has 0 aromatic heterocycles. The predicted molar refractivity (Wildman–Crippen MR) is 53.0 cm³/mol. The summed E-state index contributed by atoms with van der Waals surface area (Å²) >= 11 is 9.13. The Balaban J connectivity index is 2.53. The average molecular weight is 262 g/mol. The van der Waals surface area contributed by atoms with Gasteiger partial charge < -0.3 is 4.74 Å². The molecule has 3 nitrogen and oxygen atoms in total. The summed E-state index contributed by atoms with van der Waals surface area (Å²) in [4.78, 5) is 10.9. The summed E-state index contributed by atoms with van der Waals surface area (Å²) in [6.45, 7) is 0.264. The van der Waals surface area contributed by atoms with Crippen molar-refractivity contribution in [1.82, 2.24) is 0 Å². The first-order valence-corrected chi connectivity index (χ1v) is 4.75. The SMILES string of the molecule is O=C1Nc2c(Br)cc(Cl)cc2CO1. The highest BCUT2D eigenvalue weighted by atomic mass is 79.9. The molecular weight excluding hydrogens is 257 g/mol. The second-order valence-corrected chi connectivity index (χ2v) is 3.91. The fraction of sp³-hybridized carbons (Fsp3) is 0.125. The molecule has 0 saturated heterocycles. The van der Waals surface area contributed by atoms with Gasteiger partial charge in [0.15, 0.2) is 0 Å². The lowest BCUT2D eigenvalue weighted by atomic mass is 10.2. The van der Waals surface area contributed by atoms with Crippen LogP contribution in [0.4, 0.5) is 10.5 Å². The van der Waals surface area contributed by atoms with Crippen molar-refractivity contribution in [3.63, 3.8) is 0 Å². The van der Waals surface area contributed by atoms with Gasteiger partial charge in [0, 0.05) is 15.1 Å². The molecule has 5 heteroatoms. The van der Waals surface area contributed by atoms with E-state index in [0.717, 1.165) is 15.7 Å². The molecule has 0 saturated carbocycles. The number of rotatable bonds is 0. The maximum Gasteiger partial charge on any atom is 0.412 e. The molecule has 1 aromatic rings. The summed E-state index contributed by atoms with van der Waals surface area (Å²) in [7, 11) is 0. The van der Waals surface area contributed by atoms with Crippen LogP contribution in [0, 0.1) is 0 Å². The number of cyclic esters (lactones) is 1. The fourth-order valence-electron chi connectivity index (χ4n) is 1.16. The first-order chi connectivity index (χ1) is 6.16. The normalized spacial score (nSPS) is 14.5. The Labute approximate surface area is 88.2 Å². The smallest absolute Gasteiger partial charge is 0.412 e. The lowest BCUT2D eigenvalue weighted by Gasteiger charge is -2.18. The van der Waals surface area contributed by atoms with Crippen LogP contribution in [0.1, 0.15) is 5.56 Å². The molecular formula is C8H5BrClNO2. The number of hydrogen-bond acceptors (Lipinski definition) is 2. The average Bonchev–Trinajstić information content (AvgIpc) is 2.06. The van der Waals surface area contributed by atoms with Gasteiger partial charge in [-0.3, -0.25) is 5.32 Å². The van der Waals surface area contributed by atoms with Crippen molar-refractivity contribution >= 4 is 39.3 Å². The van der Waals surface area contributed by atoms with Gasteiger partial charge in [-0.15, -0.1) is 0 Å². The summed E-state index contributed by atoms with van der Waals surface area (Å²) in [6, 6.07) is 3.49. The van der Waals surface area contributed by atoms with E-state index in [9.17, 15) is 4.79 Å². The van der Waals surface area contributed by atoms with Gasteiger partial charge in [0.2, 0.25) is 0 Å². The number of fused-ring (bicyclic) bond motifs is 1. The first kappa shape index (κ1) is 8.84. The summed E-state index contributed by atoms with van der Waals surface area (Å²) in [5.41, 5.74) is 1.61. The van der Waals surface area contributed by atoms with Gasteiger partial charge in [0.25, 0.3) is 0 Å². The van der Waals surface area contributed by atoms with Crippen LogP contribution in [0.15, 0.2) is 16.6 Å². The summed E-state index contributed by atoms with van der Waals surface area (Å²) < 4.78 is 5.55. The molecule has 0 aliphatic carbocycles. The van der Waals surface area contributed by atoms with Crippen LogP contribution in [0.3, 0.4) is 0 Å². The van der Waals surface area contributed by atoms with E-state index in [1.807, 2.05) is 0 Å². The maximum absolute atomic E-state index is 10.9. The molecule has 1 N–H and O–H groups in total.